The highest BCUT2D eigenvalue weighted by Crippen LogP contribution is 2.14. The van der Waals surface area contributed by atoms with E-state index in [4.69, 9.17) is 5.11 Å². The van der Waals surface area contributed by atoms with Gasteiger partial charge < -0.3 is 10.2 Å². The highest BCUT2D eigenvalue weighted by molar-refractivity contribution is 6.38. The second kappa shape index (κ2) is 6.59. The number of aliphatic carboxylic acids is 1. The highest BCUT2D eigenvalue weighted by Gasteiger charge is 2.10. The third-order valence-electron chi connectivity index (χ3n) is 2.55. The zero-order chi connectivity index (χ0) is 13.5. The molecule has 0 aliphatic carbocycles. The molecule has 0 atom stereocenters. The van der Waals surface area contributed by atoms with Crippen molar-refractivity contribution in [2.24, 2.45) is 0 Å². The number of aliphatic hydroxyl groups is 1. The number of carbonyl (C=O) groups is 2. The van der Waals surface area contributed by atoms with Crippen molar-refractivity contribution < 1.29 is 19.8 Å². The molecule has 0 heterocycles. The number of hydrogen-bond donors (Lipinski definition) is 2. The summed E-state index contributed by atoms with van der Waals surface area (Å²) in [5, 5.41) is 18.0. The topological polar surface area (TPSA) is 74.6 Å². The number of carboxylic acids is 1. The summed E-state index contributed by atoms with van der Waals surface area (Å²) in [5.41, 5.74) is 1.59. The number of rotatable bonds is 6. The van der Waals surface area contributed by atoms with E-state index in [0.29, 0.717) is 11.6 Å². The summed E-state index contributed by atoms with van der Waals surface area (Å²) in [6, 6.07) is 7.07. The van der Waals surface area contributed by atoms with Crippen LogP contribution in [0.2, 0.25) is 0 Å². The molecule has 4 heteroatoms. The van der Waals surface area contributed by atoms with E-state index >= 15 is 0 Å². The number of aryl methyl sites for hydroxylation is 1. The molecule has 0 radical (unpaired) electrons. The molecule has 2 N–H and O–H groups in total. The van der Waals surface area contributed by atoms with Gasteiger partial charge in [-0.2, -0.15) is 0 Å². The van der Waals surface area contributed by atoms with Crippen molar-refractivity contribution in [3.63, 3.8) is 0 Å². The molecule has 0 saturated heterocycles. The van der Waals surface area contributed by atoms with Crippen molar-refractivity contribution >= 4 is 17.5 Å². The van der Waals surface area contributed by atoms with E-state index in [1.165, 1.54) is 0 Å². The molecule has 0 spiro atoms. The van der Waals surface area contributed by atoms with Crippen LogP contribution in [0.1, 0.15) is 30.9 Å². The van der Waals surface area contributed by atoms with Crippen LogP contribution >= 0.6 is 0 Å². The summed E-state index contributed by atoms with van der Waals surface area (Å²) in [4.78, 5) is 21.2. The van der Waals surface area contributed by atoms with E-state index in [2.05, 4.69) is 6.92 Å². The predicted octanol–water partition coefficient (Wildman–Crippen LogP) is 2.58. The lowest BCUT2D eigenvalue weighted by atomic mass is 10.1. The van der Waals surface area contributed by atoms with Crippen molar-refractivity contribution in [1.29, 1.82) is 0 Å². The van der Waals surface area contributed by atoms with Crippen LogP contribution in [-0.4, -0.2) is 22.0 Å². The monoisotopic (exact) mass is 248 g/mol. The molecule has 96 valence electrons. The number of carbonyl (C=O) groups excluding carboxylic acids is 1. The molecule has 0 saturated carbocycles. The Bertz CT molecular complexity index is 457. The molecule has 0 bridgehead atoms. The number of hydrogen-bond acceptors (Lipinski definition) is 3. The fourth-order valence-corrected chi connectivity index (χ4v) is 1.49. The number of unbranched alkanes of at least 4 members (excludes halogenated alkanes) is 1. The van der Waals surface area contributed by atoms with Crippen LogP contribution in [0.15, 0.2) is 30.3 Å². The minimum atomic E-state index is -1.58. The molecule has 0 amide bonds. The molecular formula is C14H16O4. The van der Waals surface area contributed by atoms with Crippen molar-refractivity contribution in [2.45, 2.75) is 26.2 Å². The Morgan fingerprint density at radius 1 is 1.17 bits per heavy atom. The fraction of sp³-hybridized carbons (Fsp3) is 0.286. The van der Waals surface area contributed by atoms with Gasteiger partial charge in [0.25, 0.3) is 5.78 Å². The van der Waals surface area contributed by atoms with E-state index < -0.39 is 11.8 Å². The Labute approximate surface area is 106 Å². The molecular weight excluding hydrogens is 232 g/mol. The Morgan fingerprint density at radius 3 is 2.28 bits per heavy atom. The Kier molecular flexibility index (Phi) is 5.11. The van der Waals surface area contributed by atoms with Gasteiger partial charge in [-0.3, -0.25) is 4.79 Å². The minimum Gasteiger partial charge on any atom is -0.507 e. The van der Waals surface area contributed by atoms with Gasteiger partial charge in [-0.15, -0.1) is 0 Å². The molecule has 4 nitrogen and oxygen atoms in total. The second-order valence-electron chi connectivity index (χ2n) is 4.00. The molecule has 18 heavy (non-hydrogen) atoms. The standard InChI is InChI=1S/C14H16O4/c1-2-3-4-10-5-7-11(8-6-10)12(15)9-13(16)14(17)18/h5-9,15H,2-4H2,1H3,(H,17,18). The van der Waals surface area contributed by atoms with Crippen LogP contribution < -0.4 is 0 Å². The SMILES string of the molecule is CCCCc1ccc(C(O)=CC(=O)C(=O)O)cc1. The minimum absolute atomic E-state index is 0.329. The first-order valence-electron chi connectivity index (χ1n) is 5.81. The van der Waals surface area contributed by atoms with Crippen molar-refractivity contribution in [3.8, 4) is 0 Å². The van der Waals surface area contributed by atoms with Crippen molar-refractivity contribution in [1.82, 2.24) is 0 Å². The smallest absolute Gasteiger partial charge is 0.376 e. The number of benzene rings is 1. The summed E-state index contributed by atoms with van der Waals surface area (Å²) in [5.74, 6) is -3.05. The van der Waals surface area contributed by atoms with E-state index in [-0.39, 0.29) is 5.76 Å². The normalized spacial score (nSPS) is 11.3. The average Bonchev–Trinajstić information content (AvgIpc) is 2.36. The molecule has 1 aromatic rings. The molecule has 0 aromatic heterocycles. The van der Waals surface area contributed by atoms with Gasteiger partial charge in [0.2, 0.25) is 0 Å². The lowest BCUT2D eigenvalue weighted by molar-refractivity contribution is -0.146. The van der Waals surface area contributed by atoms with Crippen LogP contribution in [0.5, 0.6) is 0 Å². The Morgan fingerprint density at radius 2 is 1.78 bits per heavy atom. The van der Waals surface area contributed by atoms with Gasteiger partial charge in [-0.05, 0) is 18.4 Å². The van der Waals surface area contributed by atoms with Crippen LogP contribution in [0.3, 0.4) is 0 Å². The third-order valence-corrected chi connectivity index (χ3v) is 2.55. The summed E-state index contributed by atoms with van der Waals surface area (Å²) in [6.45, 7) is 2.11. The summed E-state index contributed by atoms with van der Waals surface area (Å²) in [6.07, 6.45) is 3.89. The van der Waals surface area contributed by atoms with Crippen LogP contribution in [0.25, 0.3) is 5.76 Å². The van der Waals surface area contributed by atoms with Gasteiger partial charge in [0, 0.05) is 11.6 Å². The quantitative estimate of drug-likeness (QED) is 0.461. The van der Waals surface area contributed by atoms with E-state index in [0.717, 1.165) is 24.8 Å². The first-order chi connectivity index (χ1) is 8.54. The zero-order valence-electron chi connectivity index (χ0n) is 10.2. The first kappa shape index (κ1) is 14.0. The summed E-state index contributed by atoms with van der Waals surface area (Å²) < 4.78 is 0. The van der Waals surface area contributed by atoms with Crippen molar-refractivity contribution in [2.75, 3.05) is 0 Å². The van der Waals surface area contributed by atoms with E-state index in [1.54, 1.807) is 12.1 Å². The summed E-state index contributed by atoms with van der Waals surface area (Å²) >= 11 is 0. The van der Waals surface area contributed by atoms with Gasteiger partial charge in [0.1, 0.15) is 5.76 Å². The van der Waals surface area contributed by atoms with Gasteiger partial charge in [0.15, 0.2) is 0 Å². The van der Waals surface area contributed by atoms with Crippen LogP contribution in [0, 0.1) is 0 Å². The Balaban J connectivity index is 2.78. The van der Waals surface area contributed by atoms with Crippen LogP contribution in [-0.2, 0) is 16.0 Å². The lowest BCUT2D eigenvalue weighted by Crippen LogP contribution is -2.09. The van der Waals surface area contributed by atoms with E-state index in [9.17, 15) is 14.7 Å². The Hall–Kier alpha value is -2.10. The third kappa shape index (κ3) is 4.05. The number of ketones is 1. The van der Waals surface area contributed by atoms with E-state index in [1.807, 2.05) is 12.1 Å². The maximum atomic E-state index is 10.9. The molecule has 0 unspecified atom stereocenters. The van der Waals surface area contributed by atoms with Gasteiger partial charge >= 0.3 is 5.97 Å². The molecule has 0 aliphatic rings. The van der Waals surface area contributed by atoms with Gasteiger partial charge in [-0.25, -0.2) is 4.79 Å². The first-order valence-corrected chi connectivity index (χ1v) is 5.81. The second-order valence-corrected chi connectivity index (χ2v) is 4.00. The number of aliphatic hydroxyl groups excluding tert-OH is 1. The lowest BCUT2D eigenvalue weighted by Gasteiger charge is -2.03. The predicted molar refractivity (Wildman–Crippen MR) is 68.3 cm³/mol. The fourth-order valence-electron chi connectivity index (χ4n) is 1.49. The molecule has 1 aromatic carbocycles. The molecule has 0 aliphatic heterocycles. The molecule has 1 rings (SSSR count). The van der Waals surface area contributed by atoms with Gasteiger partial charge in [-0.1, -0.05) is 37.6 Å². The average molecular weight is 248 g/mol. The van der Waals surface area contributed by atoms with Gasteiger partial charge in [0.05, 0.1) is 0 Å². The van der Waals surface area contributed by atoms with Crippen LogP contribution in [0.4, 0.5) is 0 Å². The summed E-state index contributed by atoms with van der Waals surface area (Å²) in [7, 11) is 0. The maximum absolute atomic E-state index is 10.9. The molecule has 0 fully saturated rings. The van der Waals surface area contributed by atoms with Crippen molar-refractivity contribution in [3.05, 3.63) is 41.5 Å². The number of carboxylic acid groups (broad SMARTS) is 1. The zero-order valence-corrected chi connectivity index (χ0v) is 10.2. The highest BCUT2D eigenvalue weighted by atomic mass is 16.4. The largest absolute Gasteiger partial charge is 0.507 e. The maximum Gasteiger partial charge on any atom is 0.376 e.